The molecule has 3 aliphatic heterocycles. The smallest absolute Gasteiger partial charge is 0.248 e. The lowest BCUT2D eigenvalue weighted by Gasteiger charge is -2.32. The van der Waals surface area contributed by atoms with Gasteiger partial charge >= 0.3 is 0 Å². The third kappa shape index (κ3) is 16.3. The second-order valence-electron chi connectivity index (χ2n) is 19.5. The van der Waals surface area contributed by atoms with Gasteiger partial charge in [-0.3, -0.25) is 33.6 Å². The van der Waals surface area contributed by atoms with E-state index in [9.17, 15) is 74.4 Å². The molecule has 13 N–H and O–H groups in total. The van der Waals surface area contributed by atoms with Gasteiger partial charge in [-0.2, -0.15) is 0 Å². The molecule has 70 heavy (non-hydrogen) atoms. The van der Waals surface area contributed by atoms with Crippen LogP contribution in [0.15, 0.2) is 24.3 Å². The fourth-order valence-corrected chi connectivity index (χ4v) is 9.14. The minimum absolute atomic E-state index is 0.0340. The molecule has 0 radical (unpaired) electrons. The van der Waals surface area contributed by atoms with E-state index in [2.05, 4.69) is 40.4 Å². The zero-order valence-corrected chi connectivity index (χ0v) is 40.7. The van der Waals surface area contributed by atoms with Gasteiger partial charge in [0.25, 0.3) is 0 Å². The topological polar surface area (TPSA) is 348 Å². The van der Waals surface area contributed by atoms with Gasteiger partial charge < -0.3 is 77.2 Å². The number of fused-ring (bicyclic) bond motifs is 2. The van der Waals surface area contributed by atoms with Crippen LogP contribution in [0.25, 0.3) is 0 Å². The van der Waals surface area contributed by atoms with Crippen molar-refractivity contribution in [2.24, 2.45) is 11.8 Å². The van der Waals surface area contributed by atoms with Gasteiger partial charge in [0.1, 0.15) is 48.1 Å². The Bertz CT molecular complexity index is 1910. The van der Waals surface area contributed by atoms with Crippen molar-refractivity contribution < 1.29 is 74.4 Å². The summed E-state index contributed by atoms with van der Waals surface area (Å²) in [5.74, 6) is -7.57. The maximum atomic E-state index is 14.3. The second-order valence-corrected chi connectivity index (χ2v) is 19.5. The minimum atomic E-state index is -2.19. The highest BCUT2D eigenvalue weighted by Gasteiger charge is 2.49. The van der Waals surface area contributed by atoms with Crippen LogP contribution in [-0.2, 0) is 40.0 Å². The summed E-state index contributed by atoms with van der Waals surface area (Å²) in [7, 11) is 0. The summed E-state index contributed by atoms with van der Waals surface area (Å²) in [6, 6.07) is -5.18. The third-order valence-corrected chi connectivity index (χ3v) is 13.7. The first-order valence-corrected chi connectivity index (χ1v) is 24.8. The van der Waals surface area contributed by atoms with Gasteiger partial charge in [0.05, 0.1) is 31.0 Å². The van der Waals surface area contributed by atoms with E-state index < -0.39 is 146 Å². The number of hydrogen-bond acceptors (Lipinski definition) is 15. The maximum Gasteiger partial charge on any atom is 0.248 e. The van der Waals surface area contributed by atoms with E-state index in [1.54, 1.807) is 0 Å². The number of nitrogens with one attached hydrogen (secondary N) is 5. The number of unbranched alkanes of at least 4 members (excludes halogenated alkanes) is 7. The highest BCUT2D eigenvalue weighted by atomic mass is 16.3. The van der Waals surface area contributed by atoms with Gasteiger partial charge in [0, 0.05) is 44.7 Å². The molecule has 3 heterocycles. The van der Waals surface area contributed by atoms with Gasteiger partial charge in [-0.15, -0.1) is 0 Å². The monoisotopic (exact) mass is 992 g/mol. The van der Waals surface area contributed by atoms with E-state index in [1.165, 1.54) is 50.5 Å². The predicted octanol–water partition coefficient (Wildman–Crippen LogP) is -2.08. The molecular weight excluding hydrogens is 915 g/mol. The van der Waals surface area contributed by atoms with Gasteiger partial charge in [-0.1, -0.05) is 90.7 Å². The lowest BCUT2D eigenvalue weighted by atomic mass is 9.99. The number of aromatic hydroxyl groups is 1. The molecule has 394 valence electrons. The van der Waals surface area contributed by atoms with Crippen LogP contribution in [0.3, 0.4) is 0 Å². The summed E-state index contributed by atoms with van der Waals surface area (Å²) in [6.07, 6.45) is -2.14. The molecule has 0 aromatic heterocycles. The molecule has 0 aliphatic carbocycles. The van der Waals surface area contributed by atoms with E-state index in [-0.39, 0.29) is 25.1 Å². The molecule has 7 amide bonds. The Hall–Kier alpha value is -4.97. The van der Waals surface area contributed by atoms with Crippen molar-refractivity contribution >= 4 is 41.4 Å². The zero-order valence-electron chi connectivity index (χ0n) is 40.7. The lowest BCUT2D eigenvalue weighted by molar-refractivity contribution is -0.147. The fraction of sp³-hybridized carbons (Fsp3) is 0.729. The summed E-state index contributed by atoms with van der Waals surface area (Å²) < 4.78 is 0. The molecule has 22 heteroatoms. The van der Waals surface area contributed by atoms with Crippen molar-refractivity contribution in [3.63, 3.8) is 0 Å². The zero-order chi connectivity index (χ0) is 51.8. The number of aliphatic hydroxyl groups excluding tert-OH is 7. The van der Waals surface area contributed by atoms with Crippen LogP contribution in [-0.4, -0.2) is 185 Å². The Balaban J connectivity index is 1.63. The Kier molecular flexibility index (Phi) is 22.7. The first kappa shape index (κ1) is 57.6. The SMILES string of the molecule is CCC(C)CCCCCCCCCCC(=O)N[C@H]1C[C@@H](O)[C@@H](O)NC(=O)[C@@H]2[C@@H](O)[C@@H](C)CN2C(=O)[C@H](CO)NC(=O)[C@H]([C@H](O)Cc2ccc(O)cc2)NC(=O)[C@@H]2C[C@@H](O)CN2C(=O)[C@H]([C@@H](C)O)NC1=O. The summed E-state index contributed by atoms with van der Waals surface area (Å²) in [6.45, 7) is 5.23. The average Bonchev–Trinajstić information content (AvgIpc) is 3.86. The molecule has 22 nitrogen and oxygen atoms in total. The van der Waals surface area contributed by atoms with Crippen molar-refractivity contribution in [3.05, 3.63) is 29.8 Å². The maximum absolute atomic E-state index is 14.3. The molecule has 1 aromatic rings. The normalized spacial score (nSPS) is 30.0. The number of rotatable bonds is 18. The number of carbonyl (C=O) groups is 7. The molecule has 1 aromatic carbocycles. The van der Waals surface area contributed by atoms with Gasteiger partial charge in [0.15, 0.2) is 6.23 Å². The third-order valence-electron chi connectivity index (χ3n) is 13.7. The van der Waals surface area contributed by atoms with Crippen LogP contribution in [0.5, 0.6) is 5.75 Å². The van der Waals surface area contributed by atoms with Crippen molar-refractivity contribution in [1.29, 1.82) is 0 Å². The molecule has 1 unspecified atom stereocenters. The van der Waals surface area contributed by atoms with Crippen molar-refractivity contribution in [1.82, 2.24) is 36.4 Å². The first-order chi connectivity index (χ1) is 33.2. The molecule has 0 saturated carbocycles. The van der Waals surface area contributed by atoms with Crippen LogP contribution in [0, 0.1) is 11.8 Å². The number of aliphatic hydroxyl groups is 7. The van der Waals surface area contributed by atoms with Crippen LogP contribution in [0.4, 0.5) is 0 Å². The molecule has 14 atom stereocenters. The van der Waals surface area contributed by atoms with Crippen LogP contribution >= 0.6 is 0 Å². The van der Waals surface area contributed by atoms with E-state index in [1.807, 2.05) is 0 Å². The van der Waals surface area contributed by atoms with Gasteiger partial charge in [-0.25, -0.2) is 0 Å². The number of nitrogens with zero attached hydrogens (tertiary/aromatic N) is 2. The van der Waals surface area contributed by atoms with E-state index in [0.717, 1.165) is 54.7 Å². The quantitative estimate of drug-likeness (QED) is 0.0703. The van der Waals surface area contributed by atoms with Gasteiger partial charge in [0.2, 0.25) is 41.4 Å². The van der Waals surface area contributed by atoms with Crippen molar-refractivity contribution in [2.45, 2.75) is 191 Å². The van der Waals surface area contributed by atoms with Crippen LogP contribution in [0.2, 0.25) is 0 Å². The summed E-state index contributed by atoms with van der Waals surface area (Å²) in [5, 5.41) is 98.5. The number of phenolic OH excluding ortho intramolecular Hbond substituents is 1. The van der Waals surface area contributed by atoms with Crippen LogP contribution in [0.1, 0.15) is 117 Å². The van der Waals surface area contributed by atoms with Crippen molar-refractivity contribution in [3.8, 4) is 5.75 Å². The van der Waals surface area contributed by atoms with Crippen LogP contribution < -0.4 is 26.6 Å². The Morgan fingerprint density at radius 3 is 1.97 bits per heavy atom. The fourth-order valence-electron chi connectivity index (χ4n) is 9.14. The Morgan fingerprint density at radius 1 is 0.743 bits per heavy atom. The number of benzene rings is 1. The highest BCUT2D eigenvalue weighted by molar-refractivity contribution is 5.98. The molecular formula is C48H77N7O15. The molecule has 0 bridgehead atoms. The summed E-state index contributed by atoms with van der Waals surface area (Å²) in [5.41, 5.74) is 0.382. The van der Waals surface area contributed by atoms with Crippen molar-refractivity contribution in [2.75, 3.05) is 19.7 Å². The standard InChI is InChI=1S/C48H77N7O15/c1-5-26(2)14-12-10-8-6-7-9-11-13-15-37(62)49-32-22-36(61)44(66)53-46(68)40-41(63)27(3)23-55(40)47(69)33(25-56)50-45(67)39(35(60)20-29-16-18-30(58)19-17-29)52-43(65)34-21-31(59)24-54(34)48(70)38(28(4)57)51-42(32)64/h16-19,26-28,31-36,38-41,44,56-61,63,66H,5-15,20-25H2,1-4H3,(H,49,62)(H,50,67)(H,51,64)(H,52,65)(H,53,68)/t26?,27-,28+,31+,32-,33-,34-,35+,36+,38-,39-,40-,41-,44+/m0/s1. The largest absolute Gasteiger partial charge is 0.508 e. The first-order valence-electron chi connectivity index (χ1n) is 24.8. The minimum Gasteiger partial charge on any atom is -0.508 e. The number of carbonyl (C=O) groups excluding carboxylic acids is 7. The molecule has 3 saturated heterocycles. The predicted molar refractivity (Wildman–Crippen MR) is 252 cm³/mol. The average molecular weight is 992 g/mol. The second kappa shape index (κ2) is 27.6. The van der Waals surface area contributed by atoms with E-state index in [4.69, 9.17) is 0 Å². The highest BCUT2D eigenvalue weighted by Crippen LogP contribution is 2.26. The summed E-state index contributed by atoms with van der Waals surface area (Å²) >= 11 is 0. The van der Waals surface area contributed by atoms with E-state index >= 15 is 0 Å². The number of amides is 7. The number of phenols is 1. The lowest BCUT2D eigenvalue weighted by Crippen LogP contribution is -2.63. The van der Waals surface area contributed by atoms with E-state index in [0.29, 0.717) is 18.4 Å². The molecule has 3 aliphatic rings. The van der Waals surface area contributed by atoms with Gasteiger partial charge in [-0.05, 0) is 37.0 Å². The number of hydrogen-bond donors (Lipinski definition) is 13. The Morgan fingerprint density at radius 2 is 1.36 bits per heavy atom. The summed E-state index contributed by atoms with van der Waals surface area (Å²) in [4.78, 5) is 99.4. The molecule has 4 rings (SSSR count). The molecule has 0 spiro atoms. The Labute approximate surface area is 408 Å². The molecule has 3 fully saturated rings.